The first-order chi connectivity index (χ1) is 16.2. The molecule has 1 aliphatic carbocycles. The lowest BCUT2D eigenvalue weighted by molar-refractivity contribution is 0.120. The van der Waals surface area contributed by atoms with Crippen molar-refractivity contribution in [1.82, 2.24) is 19.8 Å². The van der Waals surface area contributed by atoms with Gasteiger partial charge in [-0.3, -0.25) is 4.90 Å². The fraction of sp³-hybridized carbons (Fsp3) is 0.704. The van der Waals surface area contributed by atoms with E-state index in [4.69, 9.17) is 14.7 Å². The Kier molecular flexibility index (Phi) is 11.2. The molecule has 184 valence electrons. The second kappa shape index (κ2) is 14.4. The Morgan fingerprint density at radius 2 is 1.82 bits per heavy atom. The van der Waals surface area contributed by atoms with Crippen molar-refractivity contribution in [2.24, 2.45) is 0 Å². The zero-order valence-electron chi connectivity index (χ0n) is 21.2. The lowest BCUT2D eigenvalue weighted by Gasteiger charge is -2.43. The molecule has 3 aliphatic rings. The van der Waals surface area contributed by atoms with Crippen LogP contribution in [0.2, 0.25) is 0 Å². The van der Waals surface area contributed by atoms with Crippen molar-refractivity contribution in [1.29, 1.82) is 0 Å². The zero-order chi connectivity index (χ0) is 23.3. The number of ether oxygens (including phenoxy) is 1. The summed E-state index contributed by atoms with van der Waals surface area (Å²) in [5.74, 6) is 0.958. The monoisotopic (exact) mass is 455 g/mol. The highest BCUT2D eigenvalue weighted by Crippen LogP contribution is 2.26. The van der Waals surface area contributed by atoms with Gasteiger partial charge in [0.05, 0.1) is 18.6 Å². The maximum Gasteiger partial charge on any atom is 0.225 e. The first-order valence-corrected chi connectivity index (χ1v) is 13.1. The third-order valence-corrected chi connectivity index (χ3v) is 6.89. The van der Waals surface area contributed by atoms with Gasteiger partial charge in [0, 0.05) is 64.5 Å². The molecule has 1 aromatic heterocycles. The first kappa shape index (κ1) is 25.7. The van der Waals surface area contributed by atoms with Gasteiger partial charge in [0.25, 0.3) is 0 Å². The van der Waals surface area contributed by atoms with Gasteiger partial charge in [-0.2, -0.15) is 0 Å². The van der Waals surface area contributed by atoms with Crippen molar-refractivity contribution in [2.75, 3.05) is 57.3 Å². The summed E-state index contributed by atoms with van der Waals surface area (Å²) >= 11 is 0. The van der Waals surface area contributed by atoms with Crippen molar-refractivity contribution in [3.63, 3.8) is 0 Å². The number of anilines is 1. The third-order valence-electron chi connectivity index (χ3n) is 6.89. The summed E-state index contributed by atoms with van der Waals surface area (Å²) < 4.78 is 4.95. The molecule has 0 aromatic carbocycles. The SMILES string of the molecule is C/C=C/OCCC.C/C=C\CCN1CCc2cnc(N3CCN(C4CCC4)CC3)nc2CC1. The van der Waals surface area contributed by atoms with Crippen molar-refractivity contribution < 1.29 is 4.74 Å². The average Bonchev–Trinajstić information content (AvgIpc) is 3.01. The molecule has 1 aromatic rings. The third kappa shape index (κ3) is 8.11. The van der Waals surface area contributed by atoms with Crippen LogP contribution in [0.3, 0.4) is 0 Å². The number of fused-ring (bicyclic) bond motifs is 1. The van der Waals surface area contributed by atoms with Gasteiger partial charge in [-0.25, -0.2) is 9.97 Å². The van der Waals surface area contributed by atoms with Crippen molar-refractivity contribution >= 4 is 5.95 Å². The van der Waals surface area contributed by atoms with Gasteiger partial charge >= 0.3 is 0 Å². The van der Waals surface area contributed by atoms with Crippen LogP contribution in [-0.4, -0.2) is 78.2 Å². The molecule has 0 spiro atoms. The molecule has 6 heteroatoms. The Morgan fingerprint density at radius 3 is 2.48 bits per heavy atom. The summed E-state index contributed by atoms with van der Waals surface area (Å²) in [5.41, 5.74) is 2.64. The van der Waals surface area contributed by atoms with E-state index in [1.165, 1.54) is 43.6 Å². The number of nitrogens with zero attached hydrogens (tertiary/aromatic N) is 5. The largest absolute Gasteiger partial charge is 0.502 e. The molecule has 0 radical (unpaired) electrons. The van der Waals surface area contributed by atoms with Crippen molar-refractivity contribution in [3.05, 3.63) is 41.9 Å². The van der Waals surface area contributed by atoms with Crippen LogP contribution < -0.4 is 4.90 Å². The summed E-state index contributed by atoms with van der Waals surface area (Å²) in [6.07, 6.45) is 18.7. The lowest BCUT2D eigenvalue weighted by Crippen LogP contribution is -2.52. The second-order valence-corrected chi connectivity index (χ2v) is 9.29. The number of allylic oxidation sites excluding steroid dienone is 2. The number of aromatic nitrogens is 2. The van der Waals surface area contributed by atoms with Crippen LogP contribution in [0, 0.1) is 0 Å². The molecule has 4 rings (SSSR count). The van der Waals surface area contributed by atoms with Crippen LogP contribution in [0.15, 0.2) is 30.7 Å². The smallest absolute Gasteiger partial charge is 0.225 e. The molecular formula is C27H45N5O. The molecule has 3 heterocycles. The standard InChI is InChI=1S/C21H33N5.C6H12O/c1-2-3-4-10-24-11-8-18-17-22-21(23-20(18)9-12-24)26-15-13-25(14-16-26)19-6-5-7-19;1-3-5-7-6-4-2/h2-3,17,19H,4-16H2,1H3;3,5H,4,6H2,1-2H3/b3-2-;5-3+. The fourth-order valence-corrected chi connectivity index (χ4v) is 4.63. The van der Waals surface area contributed by atoms with E-state index >= 15 is 0 Å². The normalized spacial score (nSPS) is 20.3. The zero-order valence-corrected chi connectivity index (χ0v) is 21.2. The summed E-state index contributed by atoms with van der Waals surface area (Å²) in [4.78, 5) is 17.3. The minimum absolute atomic E-state index is 0.838. The quantitative estimate of drug-likeness (QED) is 0.328. The Balaban J connectivity index is 0.000000383. The molecule has 1 saturated heterocycles. The molecular weight excluding hydrogens is 410 g/mol. The number of hydrogen-bond acceptors (Lipinski definition) is 6. The van der Waals surface area contributed by atoms with Crippen LogP contribution >= 0.6 is 0 Å². The van der Waals surface area contributed by atoms with Gasteiger partial charge in [-0.15, -0.1) is 0 Å². The maximum atomic E-state index is 4.99. The van der Waals surface area contributed by atoms with E-state index in [1.807, 2.05) is 13.0 Å². The van der Waals surface area contributed by atoms with Gasteiger partial charge in [-0.1, -0.05) is 31.6 Å². The molecule has 6 nitrogen and oxygen atoms in total. The predicted molar refractivity (Wildman–Crippen MR) is 138 cm³/mol. The summed E-state index contributed by atoms with van der Waals surface area (Å²) in [5, 5.41) is 0. The molecule has 0 unspecified atom stereocenters. The number of rotatable bonds is 8. The highest BCUT2D eigenvalue weighted by atomic mass is 16.5. The summed E-state index contributed by atoms with van der Waals surface area (Å²) in [7, 11) is 0. The summed E-state index contributed by atoms with van der Waals surface area (Å²) in [6.45, 7) is 14.9. The van der Waals surface area contributed by atoms with Crippen LogP contribution in [-0.2, 0) is 17.6 Å². The Hall–Kier alpha value is -1.92. The van der Waals surface area contributed by atoms with Gasteiger partial charge < -0.3 is 14.5 Å². The van der Waals surface area contributed by atoms with Crippen LogP contribution in [0.5, 0.6) is 0 Å². The molecule has 0 N–H and O–H groups in total. The van der Waals surface area contributed by atoms with E-state index in [2.05, 4.69) is 46.9 Å². The molecule has 2 aliphatic heterocycles. The minimum atomic E-state index is 0.838. The van der Waals surface area contributed by atoms with Gasteiger partial charge in [0.2, 0.25) is 5.95 Å². The van der Waals surface area contributed by atoms with Crippen LogP contribution in [0.1, 0.15) is 64.1 Å². The van der Waals surface area contributed by atoms with Gasteiger partial charge in [-0.05, 0) is 51.5 Å². The highest BCUT2D eigenvalue weighted by Gasteiger charge is 2.28. The van der Waals surface area contributed by atoms with E-state index in [-0.39, 0.29) is 0 Å². The molecule has 2 fully saturated rings. The maximum absolute atomic E-state index is 4.99. The fourth-order valence-electron chi connectivity index (χ4n) is 4.63. The van der Waals surface area contributed by atoms with E-state index in [0.717, 1.165) is 77.0 Å². The number of piperazine rings is 1. The highest BCUT2D eigenvalue weighted by molar-refractivity contribution is 5.35. The van der Waals surface area contributed by atoms with E-state index < -0.39 is 0 Å². The molecule has 0 bridgehead atoms. The predicted octanol–water partition coefficient (Wildman–Crippen LogP) is 4.46. The van der Waals surface area contributed by atoms with E-state index in [0.29, 0.717) is 0 Å². The Morgan fingerprint density at radius 1 is 1.03 bits per heavy atom. The van der Waals surface area contributed by atoms with Crippen LogP contribution in [0.4, 0.5) is 5.95 Å². The molecule has 0 atom stereocenters. The van der Waals surface area contributed by atoms with Crippen molar-refractivity contribution in [2.45, 2.75) is 71.8 Å². The summed E-state index contributed by atoms with van der Waals surface area (Å²) in [6, 6.07) is 0.860. The Labute approximate surface area is 201 Å². The van der Waals surface area contributed by atoms with Crippen LogP contribution in [0.25, 0.3) is 0 Å². The first-order valence-electron chi connectivity index (χ1n) is 13.1. The van der Waals surface area contributed by atoms with Gasteiger partial charge in [0.1, 0.15) is 0 Å². The minimum Gasteiger partial charge on any atom is -0.502 e. The molecule has 0 amide bonds. The van der Waals surface area contributed by atoms with Crippen molar-refractivity contribution in [3.8, 4) is 0 Å². The van der Waals surface area contributed by atoms with E-state index in [1.54, 1.807) is 6.26 Å². The average molecular weight is 456 g/mol. The topological polar surface area (TPSA) is 44.7 Å². The molecule has 1 saturated carbocycles. The van der Waals surface area contributed by atoms with E-state index in [9.17, 15) is 0 Å². The second-order valence-electron chi connectivity index (χ2n) is 9.29. The lowest BCUT2D eigenvalue weighted by atomic mass is 9.91. The molecule has 33 heavy (non-hydrogen) atoms. The Bertz CT molecular complexity index is 738. The number of hydrogen-bond donors (Lipinski definition) is 0. The van der Waals surface area contributed by atoms with Gasteiger partial charge in [0.15, 0.2) is 0 Å².